The van der Waals surface area contributed by atoms with Crippen LogP contribution in [-0.2, 0) is 4.79 Å². The maximum absolute atomic E-state index is 11.7. The standard InChI is InChI=1S/C11H11IN2O3/c12-6-1-2-8(7(5-6)9(15)16)14-10(17)11(13)3-4-11/h1-2,5H,3-4,13H2,(H,14,17)(H,15,16). The Kier molecular flexibility index (Phi) is 3.09. The number of rotatable bonds is 3. The molecular weight excluding hydrogens is 335 g/mol. The molecule has 1 amide bonds. The molecule has 1 aliphatic carbocycles. The number of nitrogens with one attached hydrogen (secondary N) is 1. The molecule has 90 valence electrons. The number of halogens is 1. The van der Waals surface area contributed by atoms with E-state index in [1.165, 1.54) is 6.07 Å². The van der Waals surface area contributed by atoms with Crippen molar-refractivity contribution in [3.63, 3.8) is 0 Å². The second-order valence-corrected chi connectivity index (χ2v) is 5.35. The Morgan fingerprint density at radius 3 is 2.59 bits per heavy atom. The zero-order valence-electron chi connectivity index (χ0n) is 8.87. The molecular formula is C11H11IN2O3. The SMILES string of the molecule is NC1(C(=O)Nc2ccc(I)cc2C(=O)O)CC1. The van der Waals surface area contributed by atoms with Crippen LogP contribution in [0.3, 0.4) is 0 Å². The smallest absolute Gasteiger partial charge is 0.337 e. The van der Waals surface area contributed by atoms with Gasteiger partial charge in [0.25, 0.3) is 0 Å². The van der Waals surface area contributed by atoms with Gasteiger partial charge in [-0.15, -0.1) is 0 Å². The number of aromatic carboxylic acids is 1. The summed E-state index contributed by atoms with van der Waals surface area (Å²) in [5, 5.41) is 11.6. The summed E-state index contributed by atoms with van der Waals surface area (Å²) in [4.78, 5) is 22.8. The summed E-state index contributed by atoms with van der Waals surface area (Å²) in [6, 6.07) is 4.82. The van der Waals surface area contributed by atoms with E-state index in [9.17, 15) is 9.59 Å². The van der Waals surface area contributed by atoms with Crippen LogP contribution in [0.15, 0.2) is 18.2 Å². The second-order valence-electron chi connectivity index (χ2n) is 4.11. The number of carboxylic acid groups (broad SMARTS) is 1. The van der Waals surface area contributed by atoms with Gasteiger partial charge in [-0.3, -0.25) is 4.79 Å². The number of amides is 1. The second kappa shape index (κ2) is 4.26. The average molecular weight is 346 g/mol. The fraction of sp³-hybridized carbons (Fsp3) is 0.273. The molecule has 6 heteroatoms. The molecule has 1 fully saturated rings. The van der Waals surface area contributed by atoms with Crippen molar-refractivity contribution in [2.75, 3.05) is 5.32 Å². The Bertz CT molecular complexity index is 497. The number of nitrogens with two attached hydrogens (primary N) is 1. The maximum Gasteiger partial charge on any atom is 0.337 e. The molecule has 2 rings (SSSR count). The van der Waals surface area contributed by atoms with E-state index in [4.69, 9.17) is 10.8 Å². The third-order valence-corrected chi connectivity index (χ3v) is 3.37. The van der Waals surface area contributed by atoms with Gasteiger partial charge < -0.3 is 16.2 Å². The quantitative estimate of drug-likeness (QED) is 0.722. The van der Waals surface area contributed by atoms with Gasteiger partial charge in [-0.05, 0) is 53.6 Å². The highest BCUT2D eigenvalue weighted by atomic mass is 127. The summed E-state index contributed by atoms with van der Waals surface area (Å²) in [5.41, 5.74) is 5.30. The number of anilines is 1. The Labute approximate surface area is 112 Å². The fourth-order valence-corrected chi connectivity index (χ4v) is 1.90. The van der Waals surface area contributed by atoms with E-state index >= 15 is 0 Å². The monoisotopic (exact) mass is 346 g/mol. The lowest BCUT2D eigenvalue weighted by Gasteiger charge is -2.12. The molecule has 0 aromatic heterocycles. The minimum Gasteiger partial charge on any atom is -0.478 e. The fourth-order valence-electron chi connectivity index (χ4n) is 1.41. The highest BCUT2D eigenvalue weighted by Crippen LogP contribution is 2.33. The zero-order valence-corrected chi connectivity index (χ0v) is 11.0. The Balaban J connectivity index is 2.26. The molecule has 1 aliphatic rings. The van der Waals surface area contributed by atoms with Crippen LogP contribution in [0.2, 0.25) is 0 Å². The molecule has 0 radical (unpaired) electrons. The van der Waals surface area contributed by atoms with Gasteiger partial charge in [-0.2, -0.15) is 0 Å². The topological polar surface area (TPSA) is 92.4 Å². The number of carbonyl (C=O) groups is 2. The van der Waals surface area contributed by atoms with Crippen molar-refractivity contribution in [3.8, 4) is 0 Å². The maximum atomic E-state index is 11.7. The van der Waals surface area contributed by atoms with Gasteiger partial charge in [0.2, 0.25) is 5.91 Å². The molecule has 0 bridgehead atoms. The van der Waals surface area contributed by atoms with Crippen LogP contribution in [0.4, 0.5) is 5.69 Å². The van der Waals surface area contributed by atoms with Gasteiger partial charge >= 0.3 is 5.97 Å². The molecule has 0 saturated heterocycles. The van der Waals surface area contributed by atoms with Crippen LogP contribution in [0.1, 0.15) is 23.2 Å². The first-order chi connectivity index (χ1) is 7.92. The predicted octanol–water partition coefficient (Wildman–Crippen LogP) is 1.42. The molecule has 0 heterocycles. The molecule has 17 heavy (non-hydrogen) atoms. The highest BCUT2D eigenvalue weighted by Gasteiger charge is 2.46. The normalized spacial score (nSPS) is 16.4. The molecule has 1 aromatic carbocycles. The first kappa shape index (κ1) is 12.3. The van der Waals surface area contributed by atoms with E-state index in [2.05, 4.69) is 5.32 Å². The first-order valence-corrected chi connectivity index (χ1v) is 6.13. The van der Waals surface area contributed by atoms with Crippen LogP contribution in [0, 0.1) is 3.57 Å². The van der Waals surface area contributed by atoms with Gasteiger partial charge in [0.05, 0.1) is 16.8 Å². The minimum atomic E-state index is -1.07. The zero-order chi connectivity index (χ0) is 12.6. The summed E-state index contributed by atoms with van der Waals surface area (Å²) < 4.78 is 0.798. The van der Waals surface area contributed by atoms with Gasteiger partial charge in [0.15, 0.2) is 0 Å². The number of benzene rings is 1. The van der Waals surface area contributed by atoms with Crippen molar-refractivity contribution in [1.82, 2.24) is 0 Å². The van der Waals surface area contributed by atoms with Gasteiger partial charge in [-0.1, -0.05) is 0 Å². The number of carboxylic acids is 1. The van der Waals surface area contributed by atoms with Crippen molar-refractivity contribution in [2.24, 2.45) is 5.73 Å². The summed E-state index contributed by atoms with van der Waals surface area (Å²) >= 11 is 2.02. The van der Waals surface area contributed by atoms with Crippen LogP contribution in [0.5, 0.6) is 0 Å². The molecule has 1 saturated carbocycles. The van der Waals surface area contributed by atoms with Crippen molar-refractivity contribution < 1.29 is 14.7 Å². The molecule has 5 nitrogen and oxygen atoms in total. The van der Waals surface area contributed by atoms with Crippen molar-refractivity contribution >= 4 is 40.2 Å². The molecule has 1 aromatic rings. The molecule has 0 spiro atoms. The van der Waals surface area contributed by atoms with E-state index in [1.54, 1.807) is 12.1 Å². The van der Waals surface area contributed by atoms with E-state index in [0.29, 0.717) is 18.5 Å². The van der Waals surface area contributed by atoms with E-state index in [-0.39, 0.29) is 11.5 Å². The number of hydrogen-bond donors (Lipinski definition) is 3. The third kappa shape index (κ3) is 2.58. The lowest BCUT2D eigenvalue weighted by molar-refractivity contribution is -0.118. The van der Waals surface area contributed by atoms with E-state index in [0.717, 1.165) is 3.57 Å². The Morgan fingerprint density at radius 2 is 2.06 bits per heavy atom. The first-order valence-electron chi connectivity index (χ1n) is 5.05. The summed E-state index contributed by atoms with van der Waals surface area (Å²) in [6.07, 6.45) is 1.29. The van der Waals surface area contributed by atoms with Crippen LogP contribution in [-0.4, -0.2) is 22.5 Å². The Hall–Kier alpha value is -1.15. The minimum absolute atomic E-state index is 0.0782. The lowest BCUT2D eigenvalue weighted by Crippen LogP contribution is -2.38. The molecule has 0 atom stereocenters. The third-order valence-electron chi connectivity index (χ3n) is 2.70. The summed E-state index contributed by atoms with van der Waals surface area (Å²) in [5.74, 6) is -1.39. The number of carbonyl (C=O) groups excluding carboxylic acids is 1. The summed E-state index contributed by atoms with van der Waals surface area (Å²) in [6.45, 7) is 0. The summed E-state index contributed by atoms with van der Waals surface area (Å²) in [7, 11) is 0. The molecule has 4 N–H and O–H groups in total. The van der Waals surface area contributed by atoms with Crippen LogP contribution < -0.4 is 11.1 Å². The largest absolute Gasteiger partial charge is 0.478 e. The predicted molar refractivity (Wildman–Crippen MR) is 70.9 cm³/mol. The van der Waals surface area contributed by atoms with Crippen LogP contribution >= 0.6 is 22.6 Å². The Morgan fingerprint density at radius 1 is 1.41 bits per heavy atom. The van der Waals surface area contributed by atoms with E-state index in [1.807, 2.05) is 22.6 Å². The highest BCUT2D eigenvalue weighted by molar-refractivity contribution is 14.1. The van der Waals surface area contributed by atoms with Crippen molar-refractivity contribution in [1.29, 1.82) is 0 Å². The van der Waals surface area contributed by atoms with Crippen molar-refractivity contribution in [3.05, 3.63) is 27.3 Å². The molecule has 0 unspecified atom stereocenters. The van der Waals surface area contributed by atoms with Gasteiger partial charge in [-0.25, -0.2) is 4.79 Å². The van der Waals surface area contributed by atoms with Crippen LogP contribution in [0.25, 0.3) is 0 Å². The average Bonchev–Trinajstić information content (AvgIpc) is 3.00. The lowest BCUT2D eigenvalue weighted by atomic mass is 10.1. The molecule has 0 aliphatic heterocycles. The van der Waals surface area contributed by atoms with Gasteiger partial charge in [0, 0.05) is 3.57 Å². The number of hydrogen-bond acceptors (Lipinski definition) is 3. The van der Waals surface area contributed by atoms with Gasteiger partial charge in [0.1, 0.15) is 0 Å². The van der Waals surface area contributed by atoms with E-state index < -0.39 is 11.5 Å². The van der Waals surface area contributed by atoms with Crippen molar-refractivity contribution in [2.45, 2.75) is 18.4 Å².